The van der Waals surface area contributed by atoms with Crippen LogP contribution in [0, 0.1) is 5.82 Å². The summed E-state index contributed by atoms with van der Waals surface area (Å²) in [4.78, 5) is 13.0. The van der Waals surface area contributed by atoms with Crippen molar-refractivity contribution in [3.05, 3.63) is 95.8 Å². The maximum atomic E-state index is 13.1. The number of anilines is 3. The van der Waals surface area contributed by atoms with Crippen LogP contribution in [0.25, 0.3) is 11.4 Å². The van der Waals surface area contributed by atoms with E-state index in [1.807, 2.05) is 30.3 Å². The molecule has 4 aromatic rings. The second-order valence-corrected chi connectivity index (χ2v) is 6.86. The van der Waals surface area contributed by atoms with Crippen molar-refractivity contribution in [3.63, 3.8) is 0 Å². The van der Waals surface area contributed by atoms with Crippen LogP contribution in [0.4, 0.5) is 35.1 Å². The molecule has 3 aromatic carbocycles. The summed E-state index contributed by atoms with van der Waals surface area (Å²) in [6.07, 6.45) is -4.46. The molecule has 0 unspecified atom stereocenters. The van der Waals surface area contributed by atoms with Gasteiger partial charge in [0.2, 0.25) is 11.9 Å². The maximum absolute atomic E-state index is 13.1. The molecule has 0 spiro atoms. The lowest BCUT2D eigenvalue weighted by Gasteiger charge is -2.12. The fourth-order valence-electron chi connectivity index (χ4n) is 2.91. The van der Waals surface area contributed by atoms with Crippen molar-refractivity contribution in [2.75, 3.05) is 10.6 Å². The van der Waals surface area contributed by atoms with Gasteiger partial charge in [-0.3, -0.25) is 0 Å². The predicted molar refractivity (Wildman–Crippen MR) is 114 cm³/mol. The van der Waals surface area contributed by atoms with Crippen molar-refractivity contribution in [2.45, 2.75) is 12.7 Å². The highest BCUT2D eigenvalue weighted by Gasteiger charge is 2.30. The van der Waals surface area contributed by atoms with Gasteiger partial charge in [-0.15, -0.1) is 0 Å². The quantitative estimate of drug-likeness (QED) is 0.358. The maximum Gasteiger partial charge on any atom is 0.416 e. The molecule has 0 amide bonds. The summed E-state index contributed by atoms with van der Waals surface area (Å²) in [6, 6.07) is 19.8. The molecule has 2 N–H and O–H groups in total. The molecule has 0 aliphatic heterocycles. The molecular weight excluding hydrogens is 422 g/mol. The second-order valence-electron chi connectivity index (χ2n) is 6.86. The van der Waals surface area contributed by atoms with E-state index in [2.05, 4.69) is 25.6 Å². The average molecular weight is 439 g/mol. The van der Waals surface area contributed by atoms with Crippen molar-refractivity contribution in [3.8, 4) is 11.4 Å². The highest BCUT2D eigenvalue weighted by atomic mass is 19.4. The Morgan fingerprint density at radius 3 is 2.19 bits per heavy atom. The summed E-state index contributed by atoms with van der Waals surface area (Å²) in [5, 5.41) is 5.87. The minimum Gasteiger partial charge on any atom is -0.350 e. The van der Waals surface area contributed by atoms with Crippen LogP contribution in [0.3, 0.4) is 0 Å². The molecule has 0 atom stereocenters. The van der Waals surface area contributed by atoms with Gasteiger partial charge in [-0.1, -0.05) is 48.5 Å². The van der Waals surface area contributed by atoms with E-state index < -0.39 is 11.7 Å². The van der Waals surface area contributed by atoms with Gasteiger partial charge in [-0.2, -0.15) is 28.1 Å². The third kappa shape index (κ3) is 5.37. The van der Waals surface area contributed by atoms with Crippen LogP contribution in [-0.2, 0) is 12.7 Å². The number of alkyl halides is 3. The first-order valence-electron chi connectivity index (χ1n) is 9.61. The van der Waals surface area contributed by atoms with Gasteiger partial charge in [0.05, 0.1) is 5.56 Å². The Labute approximate surface area is 181 Å². The lowest BCUT2D eigenvalue weighted by molar-refractivity contribution is -0.137. The molecule has 162 valence electrons. The van der Waals surface area contributed by atoms with Crippen molar-refractivity contribution in [2.24, 2.45) is 0 Å². The molecular formula is C23H17F4N5. The molecule has 1 aromatic heterocycles. The fraction of sp³-hybridized carbons (Fsp3) is 0.0870. The Hall–Kier alpha value is -4.01. The molecule has 0 aliphatic rings. The van der Waals surface area contributed by atoms with Crippen molar-refractivity contribution in [1.82, 2.24) is 15.0 Å². The molecule has 9 heteroatoms. The molecule has 0 bridgehead atoms. The second kappa shape index (κ2) is 9.01. The minimum absolute atomic E-state index is 0.0831. The third-order valence-corrected chi connectivity index (χ3v) is 4.48. The monoisotopic (exact) mass is 439 g/mol. The summed E-state index contributed by atoms with van der Waals surface area (Å²) in [7, 11) is 0. The molecule has 0 saturated carbocycles. The van der Waals surface area contributed by atoms with Crippen LogP contribution in [0.1, 0.15) is 11.1 Å². The number of benzene rings is 3. The molecule has 32 heavy (non-hydrogen) atoms. The Morgan fingerprint density at radius 2 is 1.47 bits per heavy atom. The van der Waals surface area contributed by atoms with Crippen LogP contribution < -0.4 is 10.6 Å². The van der Waals surface area contributed by atoms with Gasteiger partial charge in [0.15, 0.2) is 5.82 Å². The molecule has 0 fully saturated rings. The number of halogens is 4. The zero-order valence-electron chi connectivity index (χ0n) is 16.6. The lowest BCUT2D eigenvalue weighted by Crippen LogP contribution is -2.09. The number of aromatic nitrogens is 3. The SMILES string of the molecule is Fc1ccc(CNc2nc(Nc3cccc(C(F)(F)F)c3)nc(-c3ccccc3)n2)cc1. The Kier molecular flexibility index (Phi) is 5.98. The van der Waals surface area contributed by atoms with E-state index in [-0.39, 0.29) is 23.4 Å². The smallest absolute Gasteiger partial charge is 0.350 e. The van der Waals surface area contributed by atoms with E-state index in [0.717, 1.165) is 17.7 Å². The fourth-order valence-corrected chi connectivity index (χ4v) is 2.91. The van der Waals surface area contributed by atoms with E-state index in [4.69, 9.17) is 0 Å². The standard InChI is InChI=1S/C23H17F4N5/c24-18-11-9-15(10-12-18)14-28-21-30-20(16-5-2-1-3-6-16)31-22(32-21)29-19-8-4-7-17(13-19)23(25,26)27/h1-13H,14H2,(H2,28,29,30,31,32). The van der Waals surface area contributed by atoms with Gasteiger partial charge < -0.3 is 10.6 Å². The van der Waals surface area contributed by atoms with Crippen LogP contribution in [0.15, 0.2) is 78.9 Å². The highest BCUT2D eigenvalue weighted by Crippen LogP contribution is 2.31. The Bertz CT molecular complexity index is 1200. The van der Waals surface area contributed by atoms with Gasteiger partial charge in [0.1, 0.15) is 5.82 Å². The number of nitrogens with one attached hydrogen (secondary N) is 2. The molecule has 0 saturated heterocycles. The Balaban J connectivity index is 1.63. The topological polar surface area (TPSA) is 62.7 Å². The Morgan fingerprint density at radius 1 is 0.750 bits per heavy atom. The summed E-state index contributed by atoms with van der Waals surface area (Å²) < 4.78 is 52.2. The first-order valence-corrected chi connectivity index (χ1v) is 9.61. The van der Waals surface area contributed by atoms with Crippen molar-refractivity contribution < 1.29 is 17.6 Å². The van der Waals surface area contributed by atoms with Crippen LogP contribution in [0.5, 0.6) is 0 Å². The molecule has 0 radical (unpaired) electrons. The van der Waals surface area contributed by atoms with Crippen LogP contribution in [-0.4, -0.2) is 15.0 Å². The zero-order valence-corrected chi connectivity index (χ0v) is 16.6. The number of hydrogen-bond donors (Lipinski definition) is 2. The van der Waals surface area contributed by atoms with E-state index >= 15 is 0 Å². The van der Waals surface area contributed by atoms with Crippen molar-refractivity contribution >= 4 is 17.6 Å². The van der Waals surface area contributed by atoms with Gasteiger partial charge in [0, 0.05) is 17.8 Å². The van der Waals surface area contributed by atoms with Crippen LogP contribution in [0.2, 0.25) is 0 Å². The molecule has 1 heterocycles. The molecule has 4 rings (SSSR count). The van der Waals surface area contributed by atoms with Crippen molar-refractivity contribution in [1.29, 1.82) is 0 Å². The number of nitrogens with zero attached hydrogens (tertiary/aromatic N) is 3. The summed E-state index contributed by atoms with van der Waals surface area (Å²) >= 11 is 0. The third-order valence-electron chi connectivity index (χ3n) is 4.48. The molecule has 0 aliphatic carbocycles. The zero-order chi connectivity index (χ0) is 22.6. The predicted octanol–water partition coefficient (Wildman–Crippen LogP) is 6.05. The summed E-state index contributed by atoms with van der Waals surface area (Å²) in [5.74, 6) is 0.307. The number of rotatable bonds is 6. The minimum atomic E-state index is -4.46. The van der Waals surface area contributed by atoms with E-state index in [1.165, 1.54) is 24.3 Å². The van der Waals surface area contributed by atoms with E-state index in [1.54, 1.807) is 12.1 Å². The number of hydrogen-bond acceptors (Lipinski definition) is 5. The highest BCUT2D eigenvalue weighted by molar-refractivity contribution is 5.61. The summed E-state index contributed by atoms with van der Waals surface area (Å²) in [6.45, 7) is 0.321. The van der Waals surface area contributed by atoms with Gasteiger partial charge in [-0.25, -0.2) is 4.39 Å². The normalized spacial score (nSPS) is 11.2. The van der Waals surface area contributed by atoms with E-state index in [9.17, 15) is 17.6 Å². The van der Waals surface area contributed by atoms with Gasteiger partial charge in [0.25, 0.3) is 0 Å². The summed E-state index contributed by atoms with van der Waals surface area (Å²) in [5.41, 5.74) is 0.927. The van der Waals surface area contributed by atoms with Gasteiger partial charge in [-0.05, 0) is 35.9 Å². The first kappa shape index (κ1) is 21.2. The first-order chi connectivity index (χ1) is 15.4. The molecule has 5 nitrogen and oxygen atoms in total. The van der Waals surface area contributed by atoms with E-state index in [0.29, 0.717) is 17.9 Å². The average Bonchev–Trinajstić information content (AvgIpc) is 2.79. The van der Waals surface area contributed by atoms with Crippen LogP contribution >= 0.6 is 0 Å². The van der Waals surface area contributed by atoms with Gasteiger partial charge >= 0.3 is 6.18 Å². The lowest BCUT2D eigenvalue weighted by atomic mass is 10.2. The largest absolute Gasteiger partial charge is 0.416 e.